The van der Waals surface area contributed by atoms with Crippen LogP contribution in [0.5, 0.6) is 0 Å². The highest BCUT2D eigenvalue weighted by molar-refractivity contribution is 6.30. The maximum absolute atomic E-state index is 11.5. The van der Waals surface area contributed by atoms with Gasteiger partial charge >= 0.3 is 5.97 Å². The number of rotatable bonds is 4. The lowest BCUT2D eigenvalue weighted by molar-refractivity contribution is 0.0602. The Morgan fingerprint density at radius 2 is 2.25 bits per heavy atom. The summed E-state index contributed by atoms with van der Waals surface area (Å²) in [7, 11) is 1.31. The van der Waals surface area contributed by atoms with E-state index in [1.54, 1.807) is 6.07 Å². The Hall–Kier alpha value is -2.27. The number of carbonyl (C=O) groups excluding carboxylic acids is 1. The molecule has 2 rings (SSSR count). The van der Waals surface area contributed by atoms with Crippen LogP contribution in [0.1, 0.15) is 15.9 Å². The molecule has 104 valence electrons. The molecule has 0 aliphatic heterocycles. The van der Waals surface area contributed by atoms with Gasteiger partial charge in [0.15, 0.2) is 0 Å². The van der Waals surface area contributed by atoms with Crippen LogP contribution < -0.4 is 11.1 Å². The zero-order chi connectivity index (χ0) is 14.5. The van der Waals surface area contributed by atoms with Gasteiger partial charge in [-0.25, -0.2) is 9.78 Å². The molecule has 1 aromatic carbocycles. The van der Waals surface area contributed by atoms with Crippen molar-refractivity contribution in [2.45, 2.75) is 6.54 Å². The first-order valence-corrected chi connectivity index (χ1v) is 6.30. The lowest BCUT2D eigenvalue weighted by Gasteiger charge is -2.11. The number of esters is 1. The molecule has 0 atom stereocenters. The third kappa shape index (κ3) is 3.19. The highest BCUT2D eigenvalue weighted by Gasteiger charge is 2.13. The molecule has 20 heavy (non-hydrogen) atoms. The summed E-state index contributed by atoms with van der Waals surface area (Å²) in [5, 5.41) is 3.73. The number of ether oxygens (including phenoxy) is 1. The monoisotopic (exact) mass is 291 g/mol. The lowest BCUT2D eigenvalue weighted by atomic mass is 10.2. The lowest BCUT2D eigenvalue weighted by Crippen LogP contribution is -2.10. The van der Waals surface area contributed by atoms with E-state index in [1.807, 2.05) is 18.2 Å². The van der Waals surface area contributed by atoms with Crippen molar-refractivity contribution in [3.05, 3.63) is 52.7 Å². The number of hydrogen-bond acceptors (Lipinski definition) is 5. The van der Waals surface area contributed by atoms with Gasteiger partial charge in [0.05, 0.1) is 18.4 Å². The van der Waals surface area contributed by atoms with Gasteiger partial charge in [0, 0.05) is 17.8 Å². The van der Waals surface area contributed by atoms with E-state index in [-0.39, 0.29) is 11.3 Å². The van der Waals surface area contributed by atoms with Crippen LogP contribution in [0.25, 0.3) is 0 Å². The van der Waals surface area contributed by atoms with Crippen LogP contribution in [-0.4, -0.2) is 18.1 Å². The number of methoxy groups -OCH3 is 1. The fraction of sp³-hybridized carbons (Fsp3) is 0.143. The molecule has 2 aromatic rings. The topological polar surface area (TPSA) is 77.2 Å². The maximum atomic E-state index is 11.5. The summed E-state index contributed by atoms with van der Waals surface area (Å²) in [6.07, 6.45) is 1.50. The van der Waals surface area contributed by atoms with Crippen LogP contribution in [0.3, 0.4) is 0 Å². The first-order valence-electron chi connectivity index (χ1n) is 5.93. The van der Waals surface area contributed by atoms with Crippen LogP contribution in [-0.2, 0) is 11.3 Å². The van der Waals surface area contributed by atoms with Crippen LogP contribution in [0.2, 0.25) is 5.02 Å². The molecule has 5 nitrogen and oxygen atoms in total. The van der Waals surface area contributed by atoms with Crippen molar-refractivity contribution in [1.29, 1.82) is 0 Å². The first kappa shape index (κ1) is 14.1. The number of aromatic nitrogens is 1. The molecule has 0 aliphatic rings. The first-order chi connectivity index (χ1) is 9.61. The number of benzene rings is 1. The van der Waals surface area contributed by atoms with Crippen LogP contribution in [0, 0.1) is 0 Å². The number of nitrogen functional groups attached to an aromatic ring is 1. The van der Waals surface area contributed by atoms with Gasteiger partial charge in [0.2, 0.25) is 0 Å². The third-order valence-corrected chi connectivity index (χ3v) is 2.98. The van der Waals surface area contributed by atoms with Crippen molar-refractivity contribution < 1.29 is 9.53 Å². The number of carbonyl (C=O) groups is 1. The summed E-state index contributed by atoms with van der Waals surface area (Å²) >= 11 is 5.91. The van der Waals surface area contributed by atoms with Crippen molar-refractivity contribution in [3.8, 4) is 0 Å². The molecule has 0 unspecified atom stereocenters. The minimum Gasteiger partial charge on any atom is -0.465 e. The molecule has 0 saturated heterocycles. The van der Waals surface area contributed by atoms with Crippen molar-refractivity contribution in [1.82, 2.24) is 4.98 Å². The number of nitrogens with two attached hydrogens (primary N) is 1. The summed E-state index contributed by atoms with van der Waals surface area (Å²) in [6, 6.07) is 8.95. The number of nitrogens with zero attached hydrogens (tertiary/aromatic N) is 1. The van der Waals surface area contributed by atoms with Crippen LogP contribution in [0.15, 0.2) is 36.5 Å². The van der Waals surface area contributed by atoms with E-state index < -0.39 is 5.97 Å². The zero-order valence-corrected chi connectivity index (χ0v) is 11.6. The maximum Gasteiger partial charge on any atom is 0.340 e. The van der Waals surface area contributed by atoms with Gasteiger partial charge < -0.3 is 15.8 Å². The molecule has 1 heterocycles. The highest BCUT2D eigenvalue weighted by Crippen LogP contribution is 2.21. The number of hydrogen-bond donors (Lipinski definition) is 2. The Morgan fingerprint density at radius 1 is 1.45 bits per heavy atom. The molecular formula is C14H14ClN3O2. The molecule has 0 radical (unpaired) electrons. The second kappa shape index (κ2) is 6.25. The van der Waals surface area contributed by atoms with Crippen molar-refractivity contribution in [3.63, 3.8) is 0 Å². The van der Waals surface area contributed by atoms with Gasteiger partial charge in [-0.05, 0) is 23.8 Å². The summed E-state index contributed by atoms with van der Waals surface area (Å²) in [5.41, 5.74) is 7.44. The number of nitrogens with one attached hydrogen (secondary N) is 1. The largest absolute Gasteiger partial charge is 0.465 e. The third-order valence-electron chi connectivity index (χ3n) is 2.74. The van der Waals surface area contributed by atoms with Crippen molar-refractivity contribution in [2.24, 2.45) is 0 Å². The molecule has 1 aromatic heterocycles. The minimum atomic E-state index is -0.490. The summed E-state index contributed by atoms with van der Waals surface area (Å²) < 4.78 is 4.66. The normalized spacial score (nSPS) is 10.1. The highest BCUT2D eigenvalue weighted by atomic mass is 35.5. The summed E-state index contributed by atoms with van der Waals surface area (Å²) in [4.78, 5) is 15.6. The van der Waals surface area contributed by atoms with E-state index in [9.17, 15) is 4.79 Å². The number of halogens is 1. The second-order valence-corrected chi connectivity index (χ2v) is 4.53. The summed E-state index contributed by atoms with van der Waals surface area (Å²) in [6.45, 7) is 0.502. The Labute approximate surface area is 121 Å². The summed E-state index contributed by atoms with van der Waals surface area (Å²) in [5.74, 6) is -0.0522. The van der Waals surface area contributed by atoms with E-state index in [0.29, 0.717) is 17.4 Å². The number of anilines is 2. The molecule has 0 spiro atoms. The molecule has 0 bridgehead atoms. The van der Waals surface area contributed by atoms with Gasteiger partial charge in [-0.15, -0.1) is 0 Å². The quantitative estimate of drug-likeness (QED) is 0.847. The average molecular weight is 292 g/mol. The van der Waals surface area contributed by atoms with E-state index in [4.69, 9.17) is 17.3 Å². The SMILES string of the molecule is COC(=O)c1ccnc(NCc2cccc(Cl)c2)c1N. The molecule has 3 N–H and O–H groups in total. The predicted octanol–water partition coefficient (Wildman–Crippen LogP) is 2.72. The Balaban J connectivity index is 2.16. The molecule has 0 amide bonds. The Morgan fingerprint density at radius 3 is 2.95 bits per heavy atom. The van der Waals surface area contributed by atoms with Gasteiger partial charge in [-0.2, -0.15) is 0 Å². The smallest absolute Gasteiger partial charge is 0.340 e. The van der Waals surface area contributed by atoms with Gasteiger partial charge in [0.1, 0.15) is 5.82 Å². The minimum absolute atomic E-state index is 0.265. The second-order valence-electron chi connectivity index (χ2n) is 4.10. The van der Waals surface area contributed by atoms with E-state index >= 15 is 0 Å². The molecule has 0 aliphatic carbocycles. The fourth-order valence-electron chi connectivity index (χ4n) is 1.73. The molecule has 0 fully saturated rings. The Bertz CT molecular complexity index is 632. The van der Waals surface area contributed by atoms with E-state index in [1.165, 1.54) is 19.4 Å². The van der Waals surface area contributed by atoms with Crippen LogP contribution in [0.4, 0.5) is 11.5 Å². The molecule has 0 saturated carbocycles. The van der Waals surface area contributed by atoms with Crippen molar-refractivity contribution >= 4 is 29.1 Å². The van der Waals surface area contributed by atoms with E-state index in [0.717, 1.165) is 5.56 Å². The van der Waals surface area contributed by atoms with E-state index in [2.05, 4.69) is 15.0 Å². The standard InChI is InChI=1S/C14H14ClN3O2/c1-20-14(19)11-5-6-17-13(12(11)16)18-8-9-3-2-4-10(15)7-9/h2-7H,8,16H2,1H3,(H,17,18). The predicted molar refractivity (Wildman–Crippen MR) is 78.8 cm³/mol. The zero-order valence-electron chi connectivity index (χ0n) is 10.9. The molecular weight excluding hydrogens is 278 g/mol. The van der Waals surface area contributed by atoms with Gasteiger partial charge in [-0.3, -0.25) is 0 Å². The fourth-order valence-corrected chi connectivity index (χ4v) is 1.95. The van der Waals surface area contributed by atoms with Crippen molar-refractivity contribution in [2.75, 3.05) is 18.2 Å². The van der Waals surface area contributed by atoms with Gasteiger partial charge in [-0.1, -0.05) is 23.7 Å². The number of pyridine rings is 1. The van der Waals surface area contributed by atoms with Gasteiger partial charge in [0.25, 0.3) is 0 Å². The average Bonchev–Trinajstić information content (AvgIpc) is 2.45. The Kier molecular flexibility index (Phi) is 4.42. The molecule has 6 heteroatoms. The van der Waals surface area contributed by atoms with Crippen LogP contribution >= 0.6 is 11.6 Å².